The van der Waals surface area contributed by atoms with E-state index in [4.69, 9.17) is 4.74 Å². The third-order valence-corrected chi connectivity index (χ3v) is 6.47. The van der Waals surface area contributed by atoms with Crippen LogP contribution in [-0.4, -0.2) is 72.7 Å². The van der Waals surface area contributed by atoms with Gasteiger partial charge < -0.3 is 19.5 Å². The number of methoxy groups -OCH3 is 1. The summed E-state index contributed by atoms with van der Waals surface area (Å²) in [6.07, 6.45) is 4.70. The van der Waals surface area contributed by atoms with E-state index in [2.05, 4.69) is 22.2 Å². The lowest BCUT2D eigenvalue weighted by Crippen LogP contribution is -2.53. The second-order valence-corrected chi connectivity index (χ2v) is 8.36. The highest BCUT2D eigenvalue weighted by Crippen LogP contribution is 2.25. The number of nitrogens with one attached hydrogen (secondary N) is 1. The van der Waals surface area contributed by atoms with Crippen LogP contribution in [0.3, 0.4) is 0 Å². The predicted molar refractivity (Wildman–Crippen MR) is 112 cm³/mol. The number of likely N-dealkylation sites (tertiary alicyclic amines) is 2. The standard InChI is InChI=1S/C22H32N4O2/c1-24-11-8-18(9-12-24)26-10-4-5-17(15-26)23-22(27)21-14-16-13-19(28-3)6-7-20(16)25(21)2/h6-7,13-14,17-18H,4-5,8-12,15H2,1-3H3,(H,23,27)/t17-/m1/s1. The van der Waals surface area contributed by atoms with Crippen LogP contribution in [0.25, 0.3) is 10.9 Å². The van der Waals surface area contributed by atoms with E-state index < -0.39 is 0 Å². The molecule has 2 aliphatic heterocycles. The summed E-state index contributed by atoms with van der Waals surface area (Å²) >= 11 is 0. The van der Waals surface area contributed by atoms with Gasteiger partial charge in [0, 0.05) is 36.6 Å². The Morgan fingerprint density at radius 2 is 1.89 bits per heavy atom. The number of amides is 1. The maximum absolute atomic E-state index is 13.0. The van der Waals surface area contributed by atoms with Crippen molar-refractivity contribution in [1.82, 2.24) is 19.7 Å². The van der Waals surface area contributed by atoms with Gasteiger partial charge in [0.25, 0.3) is 5.91 Å². The van der Waals surface area contributed by atoms with E-state index in [0.717, 1.165) is 42.6 Å². The van der Waals surface area contributed by atoms with Crippen LogP contribution in [0.15, 0.2) is 24.3 Å². The monoisotopic (exact) mass is 384 g/mol. The van der Waals surface area contributed by atoms with Crippen molar-refractivity contribution >= 4 is 16.8 Å². The number of carbonyl (C=O) groups is 1. The average Bonchev–Trinajstić information content (AvgIpc) is 3.04. The van der Waals surface area contributed by atoms with E-state index in [9.17, 15) is 4.79 Å². The van der Waals surface area contributed by atoms with Gasteiger partial charge in [-0.05, 0) is 76.6 Å². The van der Waals surface area contributed by atoms with E-state index >= 15 is 0 Å². The lowest BCUT2D eigenvalue weighted by Gasteiger charge is -2.41. The first-order valence-corrected chi connectivity index (χ1v) is 10.4. The van der Waals surface area contributed by atoms with E-state index in [0.29, 0.717) is 11.7 Å². The van der Waals surface area contributed by atoms with Crippen molar-refractivity contribution in [3.63, 3.8) is 0 Å². The number of piperidine rings is 2. The molecule has 1 amide bonds. The van der Waals surface area contributed by atoms with Gasteiger partial charge in [-0.1, -0.05) is 0 Å². The quantitative estimate of drug-likeness (QED) is 0.880. The number of carbonyl (C=O) groups excluding carboxylic acids is 1. The number of ether oxygens (including phenoxy) is 1. The predicted octanol–water partition coefficient (Wildman–Crippen LogP) is 2.48. The van der Waals surface area contributed by atoms with Crippen molar-refractivity contribution in [3.05, 3.63) is 30.0 Å². The second-order valence-electron chi connectivity index (χ2n) is 8.36. The summed E-state index contributed by atoms with van der Waals surface area (Å²) < 4.78 is 7.28. The van der Waals surface area contributed by atoms with Crippen molar-refractivity contribution < 1.29 is 9.53 Å². The topological polar surface area (TPSA) is 49.7 Å². The van der Waals surface area contributed by atoms with Gasteiger partial charge in [0.15, 0.2) is 0 Å². The first-order valence-electron chi connectivity index (χ1n) is 10.4. The highest BCUT2D eigenvalue weighted by atomic mass is 16.5. The summed E-state index contributed by atoms with van der Waals surface area (Å²) in [5, 5.41) is 4.33. The molecule has 2 aliphatic rings. The zero-order valence-corrected chi connectivity index (χ0v) is 17.3. The smallest absolute Gasteiger partial charge is 0.268 e. The largest absolute Gasteiger partial charge is 0.497 e. The molecule has 2 fully saturated rings. The third kappa shape index (κ3) is 3.89. The minimum atomic E-state index is 0.0212. The molecule has 0 spiro atoms. The Hall–Kier alpha value is -2.05. The Morgan fingerprint density at radius 3 is 2.64 bits per heavy atom. The van der Waals surface area contributed by atoms with Gasteiger partial charge in [-0.3, -0.25) is 9.69 Å². The molecular formula is C22H32N4O2. The first-order chi connectivity index (χ1) is 13.5. The van der Waals surface area contributed by atoms with Crippen LogP contribution in [0.4, 0.5) is 0 Å². The van der Waals surface area contributed by atoms with Crippen LogP contribution < -0.4 is 10.1 Å². The summed E-state index contributed by atoms with van der Waals surface area (Å²) in [6.45, 7) is 4.49. The number of aryl methyl sites for hydroxylation is 1. The van der Waals surface area contributed by atoms with Gasteiger partial charge >= 0.3 is 0 Å². The van der Waals surface area contributed by atoms with Crippen LogP contribution in [-0.2, 0) is 7.05 Å². The Bertz CT molecular complexity index is 838. The van der Waals surface area contributed by atoms with Crippen LogP contribution in [0.2, 0.25) is 0 Å². The molecule has 0 bridgehead atoms. The minimum absolute atomic E-state index is 0.0212. The molecule has 6 nitrogen and oxygen atoms in total. The van der Waals surface area contributed by atoms with Crippen molar-refractivity contribution in [2.75, 3.05) is 40.3 Å². The Morgan fingerprint density at radius 1 is 1.11 bits per heavy atom. The summed E-state index contributed by atoms with van der Waals surface area (Å²) in [5.41, 5.74) is 1.75. The van der Waals surface area contributed by atoms with Crippen LogP contribution in [0.5, 0.6) is 5.75 Å². The van der Waals surface area contributed by atoms with Crippen molar-refractivity contribution in [3.8, 4) is 5.75 Å². The van der Waals surface area contributed by atoms with Gasteiger partial charge in [-0.2, -0.15) is 0 Å². The molecule has 0 aliphatic carbocycles. The second kappa shape index (κ2) is 8.13. The molecule has 6 heteroatoms. The summed E-state index contributed by atoms with van der Waals surface area (Å²) in [7, 11) is 5.82. The average molecular weight is 385 g/mol. The van der Waals surface area contributed by atoms with E-state index in [1.54, 1.807) is 7.11 Å². The minimum Gasteiger partial charge on any atom is -0.497 e. The molecule has 28 heavy (non-hydrogen) atoms. The SMILES string of the molecule is COc1ccc2c(c1)cc(C(=O)N[C@@H]1CCCN(C3CCN(C)CC3)C1)n2C. The van der Waals surface area contributed by atoms with E-state index in [1.807, 2.05) is 35.9 Å². The number of rotatable bonds is 4. The fourth-order valence-electron chi connectivity index (χ4n) is 4.75. The zero-order valence-electron chi connectivity index (χ0n) is 17.3. The number of hydrogen-bond acceptors (Lipinski definition) is 4. The Labute approximate surface area is 167 Å². The van der Waals surface area contributed by atoms with Gasteiger partial charge in [0.2, 0.25) is 0 Å². The number of nitrogens with zero attached hydrogens (tertiary/aromatic N) is 3. The molecule has 1 N–H and O–H groups in total. The molecular weight excluding hydrogens is 352 g/mol. The maximum atomic E-state index is 13.0. The van der Waals surface area contributed by atoms with E-state index in [1.165, 1.54) is 25.9 Å². The summed E-state index contributed by atoms with van der Waals surface area (Å²) in [4.78, 5) is 18.0. The summed E-state index contributed by atoms with van der Waals surface area (Å²) in [5.74, 6) is 0.832. The van der Waals surface area contributed by atoms with E-state index in [-0.39, 0.29) is 11.9 Å². The molecule has 1 aromatic heterocycles. The molecule has 0 radical (unpaired) electrons. The fraction of sp³-hybridized carbons (Fsp3) is 0.591. The molecule has 1 aromatic carbocycles. The lowest BCUT2D eigenvalue weighted by atomic mass is 9.98. The molecule has 3 heterocycles. The number of aromatic nitrogens is 1. The van der Waals surface area contributed by atoms with Gasteiger partial charge in [-0.15, -0.1) is 0 Å². The van der Waals surface area contributed by atoms with Crippen LogP contribution in [0, 0.1) is 0 Å². The van der Waals surface area contributed by atoms with Gasteiger partial charge in [0.1, 0.15) is 11.4 Å². The molecule has 2 aromatic rings. The molecule has 0 unspecified atom stereocenters. The molecule has 1 atom stereocenters. The highest BCUT2D eigenvalue weighted by molar-refractivity contribution is 5.99. The highest BCUT2D eigenvalue weighted by Gasteiger charge is 2.29. The maximum Gasteiger partial charge on any atom is 0.268 e. The fourth-order valence-corrected chi connectivity index (χ4v) is 4.75. The number of fused-ring (bicyclic) bond motifs is 1. The number of benzene rings is 1. The van der Waals surface area contributed by atoms with Crippen LogP contribution >= 0.6 is 0 Å². The van der Waals surface area contributed by atoms with Crippen molar-refractivity contribution in [1.29, 1.82) is 0 Å². The molecule has 2 saturated heterocycles. The first kappa shape index (κ1) is 19.3. The Kier molecular flexibility index (Phi) is 5.60. The zero-order chi connectivity index (χ0) is 19.7. The van der Waals surface area contributed by atoms with Crippen molar-refractivity contribution in [2.45, 2.75) is 37.8 Å². The van der Waals surface area contributed by atoms with Gasteiger partial charge in [-0.25, -0.2) is 0 Å². The summed E-state index contributed by atoms with van der Waals surface area (Å²) in [6, 6.07) is 8.78. The Balaban J connectivity index is 1.43. The molecule has 4 rings (SSSR count). The molecule has 0 saturated carbocycles. The van der Waals surface area contributed by atoms with Crippen molar-refractivity contribution in [2.24, 2.45) is 7.05 Å². The normalized spacial score (nSPS) is 22.5. The third-order valence-electron chi connectivity index (χ3n) is 6.47. The van der Waals surface area contributed by atoms with Crippen LogP contribution in [0.1, 0.15) is 36.2 Å². The van der Waals surface area contributed by atoms with Gasteiger partial charge in [0.05, 0.1) is 7.11 Å². The lowest BCUT2D eigenvalue weighted by molar-refractivity contribution is 0.0761. The molecule has 152 valence electrons. The number of hydrogen-bond donors (Lipinski definition) is 1.